The lowest BCUT2D eigenvalue weighted by Gasteiger charge is -2.02. The van der Waals surface area contributed by atoms with Crippen LogP contribution in [0.15, 0.2) is 29.0 Å². The van der Waals surface area contributed by atoms with Gasteiger partial charge in [-0.2, -0.15) is 10.1 Å². The lowest BCUT2D eigenvalue weighted by atomic mass is 10.2. The highest BCUT2D eigenvalue weighted by atomic mass is 79.9. The lowest BCUT2D eigenvalue weighted by molar-refractivity contribution is 0.102. The summed E-state index contributed by atoms with van der Waals surface area (Å²) in [5.41, 5.74) is 0.441. The number of amides is 1. The van der Waals surface area contributed by atoms with Crippen molar-refractivity contribution in [2.24, 2.45) is 0 Å². The van der Waals surface area contributed by atoms with Crippen molar-refractivity contribution in [3.8, 4) is 0 Å². The van der Waals surface area contributed by atoms with Crippen molar-refractivity contribution in [1.82, 2.24) is 15.2 Å². The third-order valence-electron chi connectivity index (χ3n) is 1.77. The molecule has 1 heterocycles. The quantitative estimate of drug-likeness (QED) is 0.895. The molecule has 0 spiro atoms. The number of H-pyrrole nitrogens is 1. The van der Waals surface area contributed by atoms with E-state index in [2.05, 4.69) is 36.4 Å². The Morgan fingerprint density at radius 3 is 2.88 bits per heavy atom. The Kier molecular flexibility index (Phi) is 3.21. The minimum absolute atomic E-state index is 0.293. The molecule has 2 rings (SSSR count). The molecule has 2 aromatic rings. The number of benzene rings is 1. The summed E-state index contributed by atoms with van der Waals surface area (Å²) in [6.45, 7) is 0. The fraction of sp³-hybridized carbons (Fsp3) is 0. The summed E-state index contributed by atoms with van der Waals surface area (Å²) in [4.78, 5) is 15.5. The highest BCUT2D eigenvalue weighted by Crippen LogP contribution is 2.19. The first-order valence-corrected chi connectivity index (χ1v) is 5.45. The number of aromatic nitrogens is 3. The fourth-order valence-electron chi connectivity index (χ4n) is 1.13. The van der Waals surface area contributed by atoms with Gasteiger partial charge in [0.2, 0.25) is 5.95 Å². The molecule has 0 aliphatic heterocycles. The summed E-state index contributed by atoms with van der Waals surface area (Å²) < 4.78 is 0.739. The predicted octanol–water partition coefficient (Wildman–Crippen LogP) is 2.47. The lowest BCUT2D eigenvalue weighted by Crippen LogP contribution is -2.13. The average Bonchev–Trinajstić information content (AvgIpc) is 2.68. The number of rotatable bonds is 2. The highest BCUT2D eigenvalue weighted by Gasteiger charge is 2.09. The van der Waals surface area contributed by atoms with Crippen molar-refractivity contribution in [2.45, 2.75) is 0 Å². The molecule has 0 saturated carbocycles. The third-order valence-corrected chi connectivity index (χ3v) is 2.45. The largest absolute Gasteiger partial charge is 0.291 e. The number of nitrogens with one attached hydrogen (secondary N) is 2. The Hall–Kier alpha value is -1.40. The molecule has 7 heteroatoms. The summed E-state index contributed by atoms with van der Waals surface area (Å²) in [5.74, 6) is -0.0129. The number of nitrogens with zero attached hydrogens (tertiary/aromatic N) is 2. The van der Waals surface area contributed by atoms with Gasteiger partial charge in [0, 0.05) is 15.1 Å². The number of aromatic amines is 1. The molecular formula is C9H6BrClN4O. The van der Waals surface area contributed by atoms with E-state index in [-0.39, 0.29) is 5.91 Å². The van der Waals surface area contributed by atoms with Crippen LogP contribution in [0.1, 0.15) is 10.4 Å². The molecule has 5 nitrogen and oxygen atoms in total. The summed E-state index contributed by atoms with van der Waals surface area (Å²) >= 11 is 9.09. The van der Waals surface area contributed by atoms with E-state index in [0.717, 1.165) is 4.47 Å². The van der Waals surface area contributed by atoms with E-state index in [1.54, 1.807) is 18.2 Å². The molecule has 0 radical (unpaired) electrons. The number of carbonyl (C=O) groups excluding carboxylic acids is 1. The van der Waals surface area contributed by atoms with Gasteiger partial charge < -0.3 is 0 Å². The zero-order valence-electron chi connectivity index (χ0n) is 7.87. The van der Waals surface area contributed by atoms with E-state index in [4.69, 9.17) is 11.6 Å². The molecule has 0 aliphatic carbocycles. The fourth-order valence-corrected chi connectivity index (χ4v) is 1.99. The predicted molar refractivity (Wildman–Crippen MR) is 63.5 cm³/mol. The van der Waals surface area contributed by atoms with Gasteiger partial charge in [-0.25, -0.2) is 5.10 Å². The first kappa shape index (κ1) is 11.1. The molecule has 2 N–H and O–H groups in total. The molecule has 0 unspecified atom stereocenters. The van der Waals surface area contributed by atoms with Gasteiger partial charge in [-0.1, -0.05) is 27.5 Å². The van der Waals surface area contributed by atoms with Crippen molar-refractivity contribution in [2.75, 3.05) is 5.32 Å². The number of halogens is 2. The maximum atomic E-state index is 11.7. The second kappa shape index (κ2) is 4.63. The van der Waals surface area contributed by atoms with Gasteiger partial charge >= 0.3 is 0 Å². The van der Waals surface area contributed by atoms with Crippen LogP contribution in [-0.4, -0.2) is 21.1 Å². The van der Waals surface area contributed by atoms with Crippen molar-refractivity contribution in [3.63, 3.8) is 0 Å². The second-order valence-electron chi connectivity index (χ2n) is 2.95. The van der Waals surface area contributed by atoms with Crippen LogP contribution in [0, 0.1) is 0 Å². The van der Waals surface area contributed by atoms with Gasteiger partial charge in [-0.3, -0.25) is 10.1 Å². The van der Waals surface area contributed by atoms with Crippen molar-refractivity contribution >= 4 is 39.4 Å². The molecule has 0 aliphatic rings. The normalized spacial score (nSPS) is 10.1. The number of carbonyl (C=O) groups is 1. The van der Waals surface area contributed by atoms with Gasteiger partial charge in [0.15, 0.2) is 0 Å². The van der Waals surface area contributed by atoms with Crippen molar-refractivity contribution in [3.05, 3.63) is 39.6 Å². The molecule has 82 valence electrons. The Labute approximate surface area is 104 Å². The van der Waals surface area contributed by atoms with Gasteiger partial charge in [-0.05, 0) is 18.2 Å². The number of hydrogen-bond donors (Lipinski definition) is 2. The Morgan fingerprint density at radius 1 is 1.44 bits per heavy atom. The summed E-state index contributed by atoms with van der Waals surface area (Å²) in [5, 5.41) is 9.18. The zero-order chi connectivity index (χ0) is 11.5. The second-order valence-corrected chi connectivity index (χ2v) is 4.30. The van der Waals surface area contributed by atoms with Crippen LogP contribution in [0.3, 0.4) is 0 Å². The van der Waals surface area contributed by atoms with Gasteiger partial charge in [0.05, 0.1) is 0 Å². The van der Waals surface area contributed by atoms with Crippen LogP contribution in [0.2, 0.25) is 5.02 Å². The van der Waals surface area contributed by atoms with Crippen molar-refractivity contribution < 1.29 is 4.79 Å². The molecule has 0 saturated heterocycles. The van der Waals surface area contributed by atoms with Gasteiger partial charge in [-0.15, -0.1) is 0 Å². The Balaban J connectivity index is 2.21. The van der Waals surface area contributed by atoms with Crippen LogP contribution in [0.25, 0.3) is 0 Å². The zero-order valence-corrected chi connectivity index (χ0v) is 10.2. The highest BCUT2D eigenvalue weighted by molar-refractivity contribution is 9.10. The maximum absolute atomic E-state index is 11.7. The molecule has 1 aromatic carbocycles. The van der Waals surface area contributed by atoms with Gasteiger partial charge in [0.25, 0.3) is 5.91 Å². The van der Waals surface area contributed by atoms with Crippen LogP contribution in [0.5, 0.6) is 0 Å². The Morgan fingerprint density at radius 2 is 2.25 bits per heavy atom. The standard InChI is InChI=1S/C9H6BrClN4O/c10-6-1-5(2-7(11)3-6)8(16)14-9-12-4-13-15-9/h1-4H,(H2,12,13,14,15,16). The van der Waals surface area contributed by atoms with E-state index in [9.17, 15) is 4.79 Å². The SMILES string of the molecule is O=C(Nc1ncn[nH]1)c1cc(Cl)cc(Br)c1. The summed E-state index contributed by atoms with van der Waals surface area (Å²) in [7, 11) is 0. The van der Waals surface area contributed by atoms with E-state index in [1.807, 2.05) is 0 Å². The Bertz CT molecular complexity index is 494. The minimum atomic E-state index is -0.306. The van der Waals surface area contributed by atoms with Crippen LogP contribution in [0.4, 0.5) is 5.95 Å². The molecule has 1 aromatic heterocycles. The number of anilines is 1. The topological polar surface area (TPSA) is 70.7 Å². The van der Waals surface area contributed by atoms with Crippen LogP contribution >= 0.6 is 27.5 Å². The van der Waals surface area contributed by atoms with E-state index in [1.165, 1.54) is 6.33 Å². The minimum Gasteiger partial charge on any atom is -0.291 e. The number of hydrogen-bond acceptors (Lipinski definition) is 3. The monoisotopic (exact) mass is 300 g/mol. The van der Waals surface area contributed by atoms with E-state index in [0.29, 0.717) is 16.5 Å². The van der Waals surface area contributed by atoms with Crippen LogP contribution in [-0.2, 0) is 0 Å². The molecule has 0 fully saturated rings. The summed E-state index contributed by atoms with van der Waals surface area (Å²) in [6, 6.07) is 4.93. The smallest absolute Gasteiger partial charge is 0.258 e. The molecule has 0 atom stereocenters. The molecular weight excluding hydrogens is 295 g/mol. The maximum Gasteiger partial charge on any atom is 0.258 e. The van der Waals surface area contributed by atoms with Gasteiger partial charge in [0.1, 0.15) is 6.33 Å². The summed E-state index contributed by atoms with van der Waals surface area (Å²) in [6.07, 6.45) is 1.31. The van der Waals surface area contributed by atoms with E-state index < -0.39 is 0 Å². The van der Waals surface area contributed by atoms with Crippen LogP contribution < -0.4 is 5.32 Å². The first-order chi connectivity index (χ1) is 7.65. The molecule has 1 amide bonds. The molecule has 0 bridgehead atoms. The van der Waals surface area contributed by atoms with Crippen molar-refractivity contribution in [1.29, 1.82) is 0 Å². The third kappa shape index (κ3) is 2.59. The molecule has 16 heavy (non-hydrogen) atoms. The van der Waals surface area contributed by atoms with E-state index >= 15 is 0 Å². The average molecular weight is 302 g/mol. The first-order valence-electron chi connectivity index (χ1n) is 4.28.